The minimum atomic E-state index is -1.16. The lowest BCUT2D eigenvalue weighted by atomic mass is 10.2. The van der Waals surface area contributed by atoms with Gasteiger partial charge in [-0.2, -0.15) is 5.26 Å². The number of nitriles is 1. The van der Waals surface area contributed by atoms with E-state index in [-0.39, 0.29) is 22.6 Å². The summed E-state index contributed by atoms with van der Waals surface area (Å²) in [6.45, 7) is 0. The lowest BCUT2D eigenvalue weighted by Gasteiger charge is -2.10. The van der Waals surface area contributed by atoms with Gasteiger partial charge in [-0.1, -0.05) is 15.9 Å². The van der Waals surface area contributed by atoms with Crippen LogP contribution in [0.2, 0.25) is 0 Å². The molecule has 2 aromatic rings. The fraction of sp³-hybridized carbons (Fsp3) is 0. The summed E-state index contributed by atoms with van der Waals surface area (Å²) < 4.78 is 19.0. The van der Waals surface area contributed by atoms with Crippen molar-refractivity contribution in [2.45, 2.75) is 0 Å². The van der Waals surface area contributed by atoms with Gasteiger partial charge in [0.15, 0.2) is 0 Å². The Hall–Kier alpha value is -2.39. The average Bonchev–Trinajstić information content (AvgIpc) is 2.42. The zero-order chi connectivity index (χ0) is 14.7. The molecule has 0 saturated carbocycles. The summed E-state index contributed by atoms with van der Waals surface area (Å²) in [7, 11) is 0. The zero-order valence-electron chi connectivity index (χ0n) is 9.93. The molecule has 2 rings (SSSR count). The van der Waals surface area contributed by atoms with Crippen LogP contribution in [0.5, 0.6) is 11.5 Å². The minimum absolute atomic E-state index is 0.00995. The molecule has 0 saturated heterocycles. The number of carbonyl (C=O) groups is 1. The highest BCUT2D eigenvalue weighted by molar-refractivity contribution is 9.10. The average molecular weight is 336 g/mol. The van der Waals surface area contributed by atoms with Gasteiger partial charge in [0.05, 0.1) is 5.56 Å². The van der Waals surface area contributed by atoms with Crippen molar-refractivity contribution in [1.82, 2.24) is 0 Å². The Kier molecular flexibility index (Phi) is 4.01. The first-order valence-corrected chi connectivity index (χ1v) is 6.21. The summed E-state index contributed by atoms with van der Waals surface area (Å²) >= 11 is 3.17. The molecular weight excluding hydrogens is 329 g/mol. The molecule has 0 bridgehead atoms. The summed E-state index contributed by atoms with van der Waals surface area (Å²) in [5.74, 6) is -1.56. The summed E-state index contributed by atoms with van der Waals surface area (Å²) in [4.78, 5) is 11.1. The molecule has 0 aliphatic carbocycles. The van der Waals surface area contributed by atoms with Crippen LogP contribution in [0.15, 0.2) is 40.9 Å². The van der Waals surface area contributed by atoms with E-state index in [1.807, 2.05) is 0 Å². The number of aromatic carboxylic acids is 1. The third-order valence-corrected chi connectivity index (χ3v) is 2.95. The second-order valence-corrected chi connectivity index (χ2v) is 4.72. The fourth-order valence-electron chi connectivity index (χ4n) is 1.56. The number of nitrogens with zero attached hydrogens (tertiary/aromatic N) is 1. The first-order chi connectivity index (χ1) is 9.51. The van der Waals surface area contributed by atoms with Crippen molar-refractivity contribution >= 4 is 21.9 Å². The van der Waals surface area contributed by atoms with Crippen LogP contribution < -0.4 is 4.74 Å². The van der Waals surface area contributed by atoms with Crippen molar-refractivity contribution in [2.24, 2.45) is 0 Å². The molecular formula is C14H7BrFNO3. The van der Waals surface area contributed by atoms with Gasteiger partial charge in [-0.3, -0.25) is 0 Å². The second-order valence-electron chi connectivity index (χ2n) is 3.80. The first kappa shape index (κ1) is 14.0. The number of hydrogen-bond acceptors (Lipinski definition) is 3. The molecule has 0 radical (unpaired) electrons. The van der Waals surface area contributed by atoms with Gasteiger partial charge in [0.1, 0.15) is 28.9 Å². The summed E-state index contributed by atoms with van der Waals surface area (Å²) in [5.41, 5.74) is -0.0724. The van der Waals surface area contributed by atoms with Crippen molar-refractivity contribution in [3.8, 4) is 17.6 Å². The van der Waals surface area contributed by atoms with E-state index in [0.717, 1.165) is 12.1 Å². The van der Waals surface area contributed by atoms with E-state index in [1.165, 1.54) is 18.2 Å². The molecule has 100 valence electrons. The van der Waals surface area contributed by atoms with Gasteiger partial charge < -0.3 is 9.84 Å². The smallest absolute Gasteiger partial charge is 0.339 e. The van der Waals surface area contributed by atoms with E-state index in [0.29, 0.717) is 4.47 Å². The van der Waals surface area contributed by atoms with Crippen LogP contribution in [0.25, 0.3) is 0 Å². The van der Waals surface area contributed by atoms with E-state index >= 15 is 0 Å². The molecule has 0 fully saturated rings. The molecule has 6 heteroatoms. The minimum Gasteiger partial charge on any atom is -0.478 e. The highest BCUT2D eigenvalue weighted by Gasteiger charge is 2.14. The monoisotopic (exact) mass is 335 g/mol. The van der Waals surface area contributed by atoms with Crippen LogP contribution >= 0.6 is 15.9 Å². The predicted octanol–water partition coefficient (Wildman–Crippen LogP) is 3.95. The highest BCUT2D eigenvalue weighted by atomic mass is 79.9. The van der Waals surface area contributed by atoms with Gasteiger partial charge in [-0.05, 0) is 36.4 Å². The SMILES string of the molecule is N#Cc1cc(F)ccc1Oc1ccc(Br)cc1C(=O)O. The molecule has 0 heterocycles. The van der Waals surface area contributed by atoms with E-state index < -0.39 is 11.8 Å². The maximum atomic E-state index is 13.0. The van der Waals surface area contributed by atoms with E-state index in [1.54, 1.807) is 12.1 Å². The van der Waals surface area contributed by atoms with E-state index in [9.17, 15) is 9.18 Å². The zero-order valence-corrected chi connectivity index (χ0v) is 11.5. The summed E-state index contributed by atoms with van der Waals surface area (Å²) in [6.07, 6.45) is 0. The molecule has 0 spiro atoms. The standard InChI is InChI=1S/C14H7BrFNO3/c15-9-1-3-13(11(6-9)14(18)19)20-12-4-2-10(16)5-8(12)7-17/h1-6H,(H,18,19). The van der Waals surface area contributed by atoms with Gasteiger partial charge in [-0.25, -0.2) is 9.18 Å². The number of ether oxygens (including phenoxy) is 1. The first-order valence-electron chi connectivity index (χ1n) is 5.41. The van der Waals surface area contributed by atoms with Crippen LogP contribution in [0, 0.1) is 17.1 Å². The number of rotatable bonds is 3. The summed E-state index contributed by atoms with van der Waals surface area (Å²) in [6, 6.07) is 9.68. The number of halogens is 2. The Morgan fingerprint density at radius 2 is 1.95 bits per heavy atom. The Morgan fingerprint density at radius 3 is 2.60 bits per heavy atom. The molecule has 0 amide bonds. The Balaban J connectivity index is 2.45. The van der Waals surface area contributed by atoms with E-state index in [4.69, 9.17) is 15.1 Å². The van der Waals surface area contributed by atoms with Gasteiger partial charge in [-0.15, -0.1) is 0 Å². The number of benzene rings is 2. The molecule has 0 aliphatic heterocycles. The van der Waals surface area contributed by atoms with E-state index in [2.05, 4.69) is 15.9 Å². The largest absolute Gasteiger partial charge is 0.478 e. The molecule has 0 unspecified atom stereocenters. The fourth-order valence-corrected chi connectivity index (χ4v) is 1.92. The molecule has 2 aromatic carbocycles. The maximum Gasteiger partial charge on any atom is 0.339 e. The lowest BCUT2D eigenvalue weighted by molar-refractivity contribution is 0.0694. The van der Waals surface area contributed by atoms with Crippen LogP contribution in [0.4, 0.5) is 4.39 Å². The van der Waals surface area contributed by atoms with Gasteiger partial charge in [0.25, 0.3) is 0 Å². The van der Waals surface area contributed by atoms with Crippen LogP contribution in [0.3, 0.4) is 0 Å². The van der Waals surface area contributed by atoms with Gasteiger partial charge in [0.2, 0.25) is 0 Å². The second kappa shape index (κ2) is 5.72. The van der Waals surface area contributed by atoms with Crippen molar-refractivity contribution < 1.29 is 19.0 Å². The molecule has 1 N–H and O–H groups in total. The lowest BCUT2D eigenvalue weighted by Crippen LogP contribution is -2.00. The predicted molar refractivity (Wildman–Crippen MR) is 72.3 cm³/mol. The number of hydrogen-bond donors (Lipinski definition) is 1. The summed E-state index contributed by atoms with van der Waals surface area (Å²) in [5, 5.41) is 18.0. The maximum absolute atomic E-state index is 13.0. The molecule has 4 nitrogen and oxygen atoms in total. The Morgan fingerprint density at radius 1 is 1.25 bits per heavy atom. The Labute approximate surface area is 122 Å². The molecule has 0 aromatic heterocycles. The van der Waals surface area contributed by atoms with Crippen LogP contribution in [-0.4, -0.2) is 11.1 Å². The normalized spacial score (nSPS) is 9.85. The highest BCUT2D eigenvalue weighted by Crippen LogP contribution is 2.30. The van der Waals surface area contributed by atoms with Crippen molar-refractivity contribution in [3.05, 3.63) is 57.8 Å². The number of carboxylic acids is 1. The van der Waals surface area contributed by atoms with Crippen LogP contribution in [-0.2, 0) is 0 Å². The molecule has 0 aliphatic rings. The van der Waals surface area contributed by atoms with Crippen molar-refractivity contribution in [2.75, 3.05) is 0 Å². The quantitative estimate of drug-likeness (QED) is 0.921. The van der Waals surface area contributed by atoms with Gasteiger partial charge in [0, 0.05) is 4.47 Å². The van der Waals surface area contributed by atoms with Crippen LogP contribution in [0.1, 0.15) is 15.9 Å². The van der Waals surface area contributed by atoms with Gasteiger partial charge >= 0.3 is 5.97 Å². The number of carboxylic acid groups (broad SMARTS) is 1. The molecule has 20 heavy (non-hydrogen) atoms. The Bertz CT molecular complexity index is 725. The molecule has 0 atom stereocenters. The topological polar surface area (TPSA) is 70.3 Å². The van der Waals surface area contributed by atoms with Crippen molar-refractivity contribution in [1.29, 1.82) is 5.26 Å². The van der Waals surface area contributed by atoms with Crippen molar-refractivity contribution in [3.63, 3.8) is 0 Å². The third-order valence-electron chi connectivity index (χ3n) is 2.45. The third kappa shape index (κ3) is 2.95.